The van der Waals surface area contributed by atoms with Gasteiger partial charge in [-0.25, -0.2) is 8.78 Å². The van der Waals surface area contributed by atoms with E-state index in [1.165, 1.54) is 19.3 Å². The topological polar surface area (TPSA) is 27.0 Å². The van der Waals surface area contributed by atoms with Crippen molar-refractivity contribution in [3.05, 3.63) is 29.3 Å². The summed E-state index contributed by atoms with van der Waals surface area (Å²) in [6.45, 7) is 0.666. The highest BCUT2D eigenvalue weighted by Crippen LogP contribution is 2.28. The van der Waals surface area contributed by atoms with Crippen LogP contribution in [-0.4, -0.2) is 13.6 Å². The quantitative estimate of drug-likeness (QED) is 0.829. The van der Waals surface area contributed by atoms with Gasteiger partial charge in [0.2, 0.25) is 0 Å². The number of nitriles is 1. The number of hydrogen-bond donors (Lipinski definition) is 0. The smallest absolute Gasteiger partial charge is 0.150 e. The van der Waals surface area contributed by atoms with E-state index in [0.717, 1.165) is 25.0 Å². The van der Waals surface area contributed by atoms with Gasteiger partial charge in [-0.3, -0.25) is 0 Å². The fraction of sp³-hybridized carbons (Fsp3) is 0.533. The molecule has 0 heterocycles. The molecule has 1 aliphatic rings. The van der Waals surface area contributed by atoms with Gasteiger partial charge < -0.3 is 4.90 Å². The molecule has 1 aliphatic carbocycles. The van der Waals surface area contributed by atoms with E-state index in [-0.39, 0.29) is 11.3 Å². The van der Waals surface area contributed by atoms with Crippen LogP contribution in [0.15, 0.2) is 12.1 Å². The van der Waals surface area contributed by atoms with E-state index >= 15 is 0 Å². The molecular weight excluding hydrogens is 246 g/mol. The molecule has 0 radical (unpaired) electrons. The van der Waals surface area contributed by atoms with Crippen LogP contribution in [0.2, 0.25) is 0 Å². The molecule has 19 heavy (non-hydrogen) atoms. The fourth-order valence-corrected chi connectivity index (χ4v) is 2.84. The SMILES string of the molecule is CN(CC1CCCCC1)c1c(F)cc(C#N)cc1F. The summed E-state index contributed by atoms with van der Waals surface area (Å²) in [5.74, 6) is -0.807. The summed E-state index contributed by atoms with van der Waals surface area (Å²) >= 11 is 0. The molecular formula is C15H18F2N2. The summed E-state index contributed by atoms with van der Waals surface area (Å²) in [4.78, 5) is 1.64. The Morgan fingerprint density at radius 1 is 1.21 bits per heavy atom. The first-order valence-electron chi connectivity index (χ1n) is 6.72. The maximum Gasteiger partial charge on any atom is 0.150 e. The van der Waals surface area contributed by atoms with Crippen LogP contribution in [0.1, 0.15) is 37.7 Å². The molecule has 0 unspecified atom stereocenters. The summed E-state index contributed by atoms with van der Waals surface area (Å²) in [7, 11) is 1.71. The molecule has 0 N–H and O–H groups in total. The second-order valence-electron chi connectivity index (χ2n) is 5.28. The molecule has 0 spiro atoms. The van der Waals surface area contributed by atoms with Crippen LogP contribution in [0, 0.1) is 28.9 Å². The van der Waals surface area contributed by atoms with Crippen molar-refractivity contribution >= 4 is 5.69 Å². The lowest BCUT2D eigenvalue weighted by atomic mass is 9.89. The minimum atomic E-state index is -0.658. The van der Waals surface area contributed by atoms with Crippen LogP contribution in [0.3, 0.4) is 0 Å². The summed E-state index contributed by atoms with van der Waals surface area (Å²) < 4.78 is 27.7. The summed E-state index contributed by atoms with van der Waals surface area (Å²) in [5, 5.41) is 8.68. The average Bonchev–Trinajstić information content (AvgIpc) is 2.38. The van der Waals surface area contributed by atoms with Crippen molar-refractivity contribution in [2.24, 2.45) is 5.92 Å². The molecule has 4 heteroatoms. The van der Waals surface area contributed by atoms with Gasteiger partial charge in [0.1, 0.15) is 5.69 Å². The van der Waals surface area contributed by atoms with E-state index in [9.17, 15) is 8.78 Å². The molecule has 1 aromatic carbocycles. The maximum atomic E-state index is 13.9. The minimum absolute atomic E-state index is 0.0183. The average molecular weight is 264 g/mol. The molecule has 0 saturated heterocycles. The highest BCUT2D eigenvalue weighted by molar-refractivity contribution is 5.52. The Morgan fingerprint density at radius 2 is 1.79 bits per heavy atom. The first kappa shape index (κ1) is 13.8. The summed E-state index contributed by atoms with van der Waals surface area (Å²) in [5.41, 5.74) is -0.00519. The predicted octanol–water partition coefficient (Wildman–Crippen LogP) is 3.85. The molecule has 2 nitrogen and oxygen atoms in total. The van der Waals surface area contributed by atoms with Crippen molar-refractivity contribution in [3.63, 3.8) is 0 Å². The third-order valence-electron chi connectivity index (χ3n) is 3.78. The van der Waals surface area contributed by atoms with Crippen LogP contribution < -0.4 is 4.90 Å². The third kappa shape index (κ3) is 3.23. The lowest BCUT2D eigenvalue weighted by Gasteiger charge is -2.28. The second-order valence-corrected chi connectivity index (χ2v) is 5.28. The van der Waals surface area contributed by atoms with Gasteiger partial charge in [0.25, 0.3) is 0 Å². The molecule has 2 rings (SSSR count). The second kappa shape index (κ2) is 6.01. The molecule has 0 atom stereocenters. The van der Waals surface area contributed by atoms with Gasteiger partial charge in [0.15, 0.2) is 11.6 Å². The Hall–Kier alpha value is -1.63. The molecule has 0 bridgehead atoms. The Bertz CT molecular complexity index is 464. The number of halogens is 2. The van der Waals surface area contributed by atoms with Gasteiger partial charge in [0.05, 0.1) is 11.6 Å². The Balaban J connectivity index is 2.14. The molecule has 102 valence electrons. The van der Waals surface area contributed by atoms with Crippen LogP contribution in [0.4, 0.5) is 14.5 Å². The zero-order valence-corrected chi connectivity index (χ0v) is 11.1. The predicted molar refractivity (Wildman–Crippen MR) is 70.9 cm³/mol. The monoisotopic (exact) mass is 264 g/mol. The van der Waals surface area contributed by atoms with Gasteiger partial charge in [0, 0.05) is 13.6 Å². The van der Waals surface area contributed by atoms with Gasteiger partial charge >= 0.3 is 0 Å². The number of nitrogens with zero attached hydrogens (tertiary/aromatic N) is 2. The van der Waals surface area contributed by atoms with Gasteiger partial charge in [-0.1, -0.05) is 19.3 Å². The number of hydrogen-bond acceptors (Lipinski definition) is 2. The van der Waals surface area contributed by atoms with Crippen molar-refractivity contribution in [2.45, 2.75) is 32.1 Å². The highest BCUT2D eigenvalue weighted by Gasteiger charge is 2.20. The minimum Gasteiger partial charge on any atom is -0.370 e. The number of benzene rings is 1. The third-order valence-corrected chi connectivity index (χ3v) is 3.78. The van der Waals surface area contributed by atoms with Crippen LogP contribution in [-0.2, 0) is 0 Å². The van der Waals surface area contributed by atoms with Crippen LogP contribution in [0.25, 0.3) is 0 Å². The summed E-state index contributed by atoms with van der Waals surface area (Å²) in [6.07, 6.45) is 5.93. The van der Waals surface area contributed by atoms with E-state index in [2.05, 4.69) is 0 Å². The van der Waals surface area contributed by atoms with Crippen molar-refractivity contribution < 1.29 is 8.78 Å². The Morgan fingerprint density at radius 3 is 2.32 bits per heavy atom. The van der Waals surface area contributed by atoms with Crippen LogP contribution >= 0.6 is 0 Å². The molecule has 1 aromatic rings. The molecule has 1 fully saturated rings. The van der Waals surface area contributed by atoms with E-state index in [1.54, 1.807) is 18.0 Å². The molecule has 1 saturated carbocycles. The lowest BCUT2D eigenvalue weighted by molar-refractivity contribution is 0.360. The van der Waals surface area contributed by atoms with Crippen molar-refractivity contribution in [3.8, 4) is 6.07 Å². The van der Waals surface area contributed by atoms with Crippen molar-refractivity contribution in [1.29, 1.82) is 5.26 Å². The highest BCUT2D eigenvalue weighted by atomic mass is 19.1. The lowest BCUT2D eigenvalue weighted by Crippen LogP contribution is -2.28. The standard InChI is InChI=1S/C15H18F2N2/c1-19(10-11-5-3-2-4-6-11)15-13(16)7-12(9-18)8-14(15)17/h7-8,11H,2-6,10H2,1H3. The van der Waals surface area contributed by atoms with Crippen molar-refractivity contribution in [1.82, 2.24) is 0 Å². The molecule has 0 aliphatic heterocycles. The first-order chi connectivity index (χ1) is 9.11. The number of anilines is 1. The number of rotatable bonds is 3. The summed E-state index contributed by atoms with van der Waals surface area (Å²) in [6, 6.07) is 3.94. The van der Waals surface area contributed by atoms with E-state index in [1.807, 2.05) is 0 Å². The Kier molecular flexibility index (Phi) is 4.36. The fourth-order valence-electron chi connectivity index (χ4n) is 2.84. The molecule has 0 aromatic heterocycles. The molecule has 0 amide bonds. The van der Waals surface area contributed by atoms with E-state index in [4.69, 9.17) is 5.26 Å². The zero-order valence-electron chi connectivity index (χ0n) is 11.1. The van der Waals surface area contributed by atoms with Gasteiger partial charge in [-0.15, -0.1) is 0 Å². The normalized spacial score (nSPS) is 16.1. The Labute approximate surface area is 112 Å². The van der Waals surface area contributed by atoms with E-state index < -0.39 is 11.6 Å². The van der Waals surface area contributed by atoms with E-state index in [0.29, 0.717) is 12.5 Å². The largest absolute Gasteiger partial charge is 0.370 e. The van der Waals surface area contributed by atoms with Gasteiger partial charge in [-0.2, -0.15) is 5.26 Å². The van der Waals surface area contributed by atoms with Crippen molar-refractivity contribution in [2.75, 3.05) is 18.5 Å². The maximum absolute atomic E-state index is 13.9. The van der Waals surface area contributed by atoms with Crippen LogP contribution in [0.5, 0.6) is 0 Å². The first-order valence-corrected chi connectivity index (χ1v) is 6.72. The van der Waals surface area contributed by atoms with Gasteiger partial charge in [-0.05, 0) is 30.9 Å². The zero-order chi connectivity index (χ0) is 13.8.